The van der Waals surface area contributed by atoms with Crippen LogP contribution in [0.15, 0.2) is 29.2 Å². The van der Waals surface area contributed by atoms with Crippen LogP contribution in [0.4, 0.5) is 4.79 Å². The van der Waals surface area contributed by atoms with Crippen molar-refractivity contribution in [3.63, 3.8) is 0 Å². The number of nitrogens with one attached hydrogen (secondary N) is 2. The molecule has 1 saturated carbocycles. The molecule has 1 atom stereocenters. The summed E-state index contributed by atoms with van der Waals surface area (Å²) in [6.45, 7) is 1.43. The van der Waals surface area contributed by atoms with Gasteiger partial charge < -0.3 is 10.6 Å². The lowest BCUT2D eigenvalue weighted by Gasteiger charge is -2.32. The largest absolute Gasteiger partial charge is 0.338 e. The molecule has 3 rings (SSSR count). The molecule has 1 aromatic rings. The Labute approximate surface area is 179 Å². The number of benzene rings is 1. The molecule has 1 aromatic carbocycles. The van der Waals surface area contributed by atoms with E-state index in [1.165, 1.54) is 36.4 Å². The number of urea groups is 1. The maximum atomic E-state index is 12.9. The van der Waals surface area contributed by atoms with Crippen molar-refractivity contribution >= 4 is 27.7 Å². The molecule has 1 unspecified atom stereocenters. The number of nitrogens with zero attached hydrogens (tertiary/aromatic N) is 1. The van der Waals surface area contributed by atoms with Gasteiger partial charge in [0.05, 0.1) is 4.90 Å². The van der Waals surface area contributed by atoms with Crippen LogP contribution in [0, 0.1) is 5.92 Å². The second-order valence-electron chi connectivity index (χ2n) is 8.22. The zero-order valence-electron chi connectivity index (χ0n) is 16.9. The third-order valence-electron chi connectivity index (χ3n) is 5.92. The number of sulfonamides is 1. The Morgan fingerprint density at radius 2 is 1.66 bits per heavy atom. The Bertz CT molecular complexity index is 762. The summed E-state index contributed by atoms with van der Waals surface area (Å²) >= 11 is 5.87. The van der Waals surface area contributed by atoms with E-state index in [0.29, 0.717) is 24.7 Å². The fourth-order valence-corrected chi connectivity index (χ4v) is 5.92. The van der Waals surface area contributed by atoms with Crippen molar-refractivity contribution in [2.24, 2.45) is 5.92 Å². The van der Waals surface area contributed by atoms with Crippen LogP contribution in [0.1, 0.15) is 57.8 Å². The molecular formula is C21H32ClN3O3S. The van der Waals surface area contributed by atoms with Gasteiger partial charge in [0.2, 0.25) is 10.0 Å². The monoisotopic (exact) mass is 441 g/mol. The molecule has 6 nitrogen and oxygen atoms in total. The van der Waals surface area contributed by atoms with E-state index in [4.69, 9.17) is 11.6 Å². The van der Waals surface area contributed by atoms with Gasteiger partial charge in [-0.05, 0) is 55.9 Å². The van der Waals surface area contributed by atoms with E-state index in [-0.39, 0.29) is 22.9 Å². The number of halogens is 1. The van der Waals surface area contributed by atoms with Gasteiger partial charge in [-0.3, -0.25) is 0 Å². The maximum Gasteiger partial charge on any atom is 0.315 e. The molecule has 0 radical (unpaired) electrons. The minimum absolute atomic E-state index is 0.119. The molecule has 0 spiro atoms. The van der Waals surface area contributed by atoms with E-state index >= 15 is 0 Å². The predicted molar refractivity (Wildman–Crippen MR) is 116 cm³/mol. The number of amides is 2. The van der Waals surface area contributed by atoms with Gasteiger partial charge in [0.1, 0.15) is 0 Å². The van der Waals surface area contributed by atoms with E-state index in [2.05, 4.69) is 10.6 Å². The van der Waals surface area contributed by atoms with E-state index < -0.39 is 10.0 Å². The van der Waals surface area contributed by atoms with Crippen molar-refractivity contribution < 1.29 is 13.2 Å². The first-order valence-electron chi connectivity index (χ1n) is 10.8. The van der Waals surface area contributed by atoms with E-state index in [1.54, 1.807) is 24.3 Å². The SMILES string of the molecule is O=C(NCC1CCCN(S(=O)(=O)c2ccc(Cl)cc2)C1)NC1CCCCCCC1. The number of carbonyl (C=O) groups is 1. The van der Waals surface area contributed by atoms with Crippen molar-refractivity contribution in [3.8, 4) is 0 Å². The third kappa shape index (κ3) is 6.59. The number of hydrogen-bond acceptors (Lipinski definition) is 3. The number of hydrogen-bond donors (Lipinski definition) is 2. The van der Waals surface area contributed by atoms with Crippen LogP contribution in [0.3, 0.4) is 0 Å². The Morgan fingerprint density at radius 3 is 2.34 bits per heavy atom. The first-order valence-corrected chi connectivity index (χ1v) is 12.6. The highest BCUT2D eigenvalue weighted by Gasteiger charge is 2.30. The average molecular weight is 442 g/mol. The molecule has 1 aliphatic carbocycles. The van der Waals surface area contributed by atoms with Gasteiger partial charge in [-0.25, -0.2) is 13.2 Å². The number of rotatable bonds is 5. The van der Waals surface area contributed by atoms with Crippen LogP contribution in [0.25, 0.3) is 0 Å². The van der Waals surface area contributed by atoms with Crippen LogP contribution in [-0.4, -0.2) is 44.4 Å². The molecule has 2 fully saturated rings. The zero-order valence-corrected chi connectivity index (χ0v) is 18.5. The molecule has 8 heteroatoms. The molecule has 1 aliphatic heterocycles. The first-order chi connectivity index (χ1) is 13.9. The molecule has 1 heterocycles. The maximum absolute atomic E-state index is 12.9. The Morgan fingerprint density at radius 1 is 1.00 bits per heavy atom. The molecule has 1 saturated heterocycles. The standard InChI is InChI=1S/C21H32ClN3O3S/c22-18-10-12-20(13-11-18)29(27,28)25-14-6-7-17(16-25)15-23-21(26)24-19-8-4-2-1-3-5-9-19/h10-13,17,19H,1-9,14-16H2,(H2,23,24,26). The molecule has 0 bridgehead atoms. The minimum Gasteiger partial charge on any atom is -0.338 e. The van der Waals surface area contributed by atoms with E-state index in [1.807, 2.05) is 0 Å². The first kappa shape index (κ1) is 22.4. The van der Waals surface area contributed by atoms with Gasteiger partial charge in [0.15, 0.2) is 0 Å². The van der Waals surface area contributed by atoms with Gasteiger partial charge in [0, 0.05) is 30.7 Å². The Hall–Kier alpha value is -1.31. The summed E-state index contributed by atoms with van der Waals surface area (Å²) in [7, 11) is -3.53. The summed E-state index contributed by atoms with van der Waals surface area (Å²) in [5, 5.41) is 6.58. The zero-order chi connectivity index (χ0) is 20.7. The minimum atomic E-state index is -3.53. The normalized spacial score (nSPS) is 22.4. The summed E-state index contributed by atoms with van der Waals surface area (Å²) in [5.41, 5.74) is 0. The van der Waals surface area contributed by atoms with E-state index in [0.717, 1.165) is 25.7 Å². The molecule has 0 aromatic heterocycles. The summed E-state index contributed by atoms with van der Waals surface area (Å²) in [6.07, 6.45) is 9.94. The fraction of sp³-hybridized carbons (Fsp3) is 0.667. The molecule has 29 heavy (non-hydrogen) atoms. The second kappa shape index (κ2) is 10.6. The highest BCUT2D eigenvalue weighted by molar-refractivity contribution is 7.89. The summed E-state index contributed by atoms with van der Waals surface area (Å²) in [4.78, 5) is 12.6. The molecule has 2 aliphatic rings. The quantitative estimate of drug-likeness (QED) is 0.720. The molecule has 162 valence electrons. The van der Waals surface area contributed by atoms with Crippen LogP contribution < -0.4 is 10.6 Å². The van der Waals surface area contributed by atoms with Crippen LogP contribution in [0.5, 0.6) is 0 Å². The highest BCUT2D eigenvalue weighted by atomic mass is 35.5. The van der Waals surface area contributed by atoms with Crippen molar-refractivity contribution in [3.05, 3.63) is 29.3 Å². The van der Waals surface area contributed by atoms with Crippen molar-refractivity contribution in [2.45, 2.75) is 68.7 Å². The van der Waals surface area contributed by atoms with Crippen LogP contribution >= 0.6 is 11.6 Å². The predicted octanol–water partition coefficient (Wildman–Crippen LogP) is 4.15. The molecular weight excluding hydrogens is 410 g/mol. The molecule has 2 N–H and O–H groups in total. The second-order valence-corrected chi connectivity index (χ2v) is 10.6. The summed E-state index contributed by atoms with van der Waals surface area (Å²) < 4.78 is 27.3. The lowest BCUT2D eigenvalue weighted by Crippen LogP contribution is -2.47. The van der Waals surface area contributed by atoms with Crippen molar-refractivity contribution in [2.75, 3.05) is 19.6 Å². The Kier molecular flexibility index (Phi) is 8.21. The van der Waals surface area contributed by atoms with Crippen molar-refractivity contribution in [1.82, 2.24) is 14.9 Å². The lowest BCUT2D eigenvalue weighted by atomic mass is 9.97. The topological polar surface area (TPSA) is 78.5 Å². The summed E-state index contributed by atoms with van der Waals surface area (Å²) in [5.74, 6) is 0.119. The number of piperidine rings is 1. The van der Waals surface area contributed by atoms with Gasteiger partial charge in [0.25, 0.3) is 0 Å². The van der Waals surface area contributed by atoms with Crippen LogP contribution in [0.2, 0.25) is 5.02 Å². The highest BCUT2D eigenvalue weighted by Crippen LogP contribution is 2.24. The van der Waals surface area contributed by atoms with Gasteiger partial charge >= 0.3 is 6.03 Å². The smallest absolute Gasteiger partial charge is 0.315 e. The Balaban J connectivity index is 1.49. The lowest BCUT2D eigenvalue weighted by molar-refractivity contribution is 0.224. The van der Waals surface area contributed by atoms with Gasteiger partial charge in [-0.2, -0.15) is 4.31 Å². The molecule has 2 amide bonds. The third-order valence-corrected chi connectivity index (χ3v) is 8.06. The van der Waals surface area contributed by atoms with E-state index in [9.17, 15) is 13.2 Å². The summed E-state index contributed by atoms with van der Waals surface area (Å²) in [6, 6.07) is 6.40. The fourth-order valence-electron chi connectivity index (χ4n) is 4.24. The van der Waals surface area contributed by atoms with Gasteiger partial charge in [-0.15, -0.1) is 0 Å². The van der Waals surface area contributed by atoms with Gasteiger partial charge in [-0.1, -0.05) is 43.7 Å². The van der Waals surface area contributed by atoms with Crippen molar-refractivity contribution in [1.29, 1.82) is 0 Å². The average Bonchev–Trinajstić information content (AvgIpc) is 2.69. The van der Waals surface area contributed by atoms with Crippen LogP contribution in [-0.2, 0) is 10.0 Å². The number of carbonyl (C=O) groups excluding carboxylic acids is 1.